The zero-order valence-electron chi connectivity index (χ0n) is 11.7. The SMILES string of the molecule is Clc1cccc(N2Cc3ccccc3N3CCCC3O2)c1. The zero-order chi connectivity index (χ0) is 14.2. The van der Waals surface area contributed by atoms with Crippen LogP contribution in [-0.2, 0) is 11.4 Å². The predicted octanol–water partition coefficient (Wildman–Crippen LogP) is 4.22. The number of halogens is 1. The van der Waals surface area contributed by atoms with Gasteiger partial charge in [0.2, 0.25) is 0 Å². The summed E-state index contributed by atoms with van der Waals surface area (Å²) in [4.78, 5) is 8.63. The molecule has 1 fully saturated rings. The van der Waals surface area contributed by atoms with Crippen molar-refractivity contribution in [3.05, 3.63) is 59.1 Å². The van der Waals surface area contributed by atoms with Crippen molar-refractivity contribution < 1.29 is 4.84 Å². The molecule has 0 saturated carbocycles. The normalized spacial score (nSPS) is 20.9. The number of benzene rings is 2. The lowest BCUT2D eigenvalue weighted by molar-refractivity contribution is 0.0404. The van der Waals surface area contributed by atoms with Gasteiger partial charge in [0.15, 0.2) is 6.23 Å². The molecule has 4 rings (SSSR count). The largest absolute Gasteiger partial charge is 0.344 e. The van der Waals surface area contributed by atoms with E-state index in [0.29, 0.717) is 0 Å². The molecule has 0 radical (unpaired) electrons. The van der Waals surface area contributed by atoms with E-state index in [9.17, 15) is 0 Å². The van der Waals surface area contributed by atoms with E-state index in [-0.39, 0.29) is 6.23 Å². The first-order valence-electron chi connectivity index (χ1n) is 7.36. The molecule has 2 heterocycles. The van der Waals surface area contributed by atoms with Crippen molar-refractivity contribution in [1.29, 1.82) is 0 Å². The van der Waals surface area contributed by atoms with Gasteiger partial charge < -0.3 is 4.90 Å². The first kappa shape index (κ1) is 13.0. The molecule has 0 aliphatic carbocycles. The van der Waals surface area contributed by atoms with Crippen LogP contribution in [0.4, 0.5) is 11.4 Å². The average Bonchev–Trinajstić information content (AvgIpc) is 2.89. The summed E-state index contributed by atoms with van der Waals surface area (Å²) < 4.78 is 0. The molecule has 1 saturated heterocycles. The van der Waals surface area contributed by atoms with Crippen molar-refractivity contribution >= 4 is 23.0 Å². The molecule has 0 amide bonds. The van der Waals surface area contributed by atoms with Gasteiger partial charge in [-0.1, -0.05) is 35.9 Å². The van der Waals surface area contributed by atoms with Crippen molar-refractivity contribution in [3.8, 4) is 0 Å². The number of hydrogen-bond donors (Lipinski definition) is 0. The number of hydrogen-bond acceptors (Lipinski definition) is 3. The number of nitrogens with zero attached hydrogens (tertiary/aromatic N) is 2. The van der Waals surface area contributed by atoms with E-state index in [4.69, 9.17) is 16.4 Å². The Morgan fingerprint density at radius 2 is 2.00 bits per heavy atom. The predicted molar refractivity (Wildman–Crippen MR) is 85.5 cm³/mol. The summed E-state index contributed by atoms with van der Waals surface area (Å²) in [7, 11) is 0. The Bertz CT molecular complexity index is 661. The maximum Gasteiger partial charge on any atom is 0.157 e. The molecule has 108 valence electrons. The standard InChI is InChI=1S/C17H17ClN2O/c18-14-6-3-7-15(11-14)20-12-13-5-1-2-8-16(13)19-10-4-9-17(19)21-20/h1-3,5-8,11,17H,4,9-10,12H2. The Balaban J connectivity index is 1.75. The third kappa shape index (κ3) is 2.37. The lowest BCUT2D eigenvalue weighted by Crippen LogP contribution is -2.35. The summed E-state index contributed by atoms with van der Waals surface area (Å²) in [6.07, 6.45) is 2.35. The fourth-order valence-electron chi connectivity index (χ4n) is 3.17. The summed E-state index contributed by atoms with van der Waals surface area (Å²) >= 11 is 6.12. The molecule has 21 heavy (non-hydrogen) atoms. The van der Waals surface area contributed by atoms with Gasteiger partial charge in [-0.05, 0) is 42.7 Å². The van der Waals surface area contributed by atoms with Gasteiger partial charge in [-0.2, -0.15) is 0 Å². The van der Waals surface area contributed by atoms with Crippen LogP contribution in [0.1, 0.15) is 18.4 Å². The van der Waals surface area contributed by atoms with Gasteiger partial charge in [-0.25, -0.2) is 9.90 Å². The number of anilines is 2. The second kappa shape index (κ2) is 5.24. The topological polar surface area (TPSA) is 15.7 Å². The Labute approximate surface area is 129 Å². The molecule has 1 atom stereocenters. The molecule has 0 spiro atoms. The van der Waals surface area contributed by atoms with E-state index in [1.54, 1.807) is 0 Å². The van der Waals surface area contributed by atoms with Crippen LogP contribution < -0.4 is 9.96 Å². The fourth-order valence-corrected chi connectivity index (χ4v) is 3.35. The second-order valence-corrected chi connectivity index (χ2v) is 5.98. The Morgan fingerprint density at radius 3 is 2.90 bits per heavy atom. The van der Waals surface area contributed by atoms with E-state index in [2.05, 4.69) is 29.2 Å². The van der Waals surface area contributed by atoms with Crippen LogP contribution in [0.3, 0.4) is 0 Å². The fraction of sp³-hybridized carbons (Fsp3) is 0.294. The maximum absolute atomic E-state index is 6.26. The molecule has 3 nitrogen and oxygen atoms in total. The highest BCUT2D eigenvalue weighted by Gasteiger charge is 2.32. The van der Waals surface area contributed by atoms with Crippen molar-refractivity contribution in [2.75, 3.05) is 16.5 Å². The monoisotopic (exact) mass is 300 g/mol. The zero-order valence-corrected chi connectivity index (χ0v) is 12.5. The van der Waals surface area contributed by atoms with Crippen LogP contribution in [0.15, 0.2) is 48.5 Å². The van der Waals surface area contributed by atoms with E-state index in [1.807, 2.05) is 29.3 Å². The molecule has 2 aromatic carbocycles. The van der Waals surface area contributed by atoms with Crippen LogP contribution in [-0.4, -0.2) is 12.8 Å². The second-order valence-electron chi connectivity index (χ2n) is 5.54. The lowest BCUT2D eigenvalue weighted by atomic mass is 10.1. The van der Waals surface area contributed by atoms with Gasteiger partial charge in [0, 0.05) is 17.3 Å². The van der Waals surface area contributed by atoms with Gasteiger partial charge in [-0.15, -0.1) is 0 Å². The van der Waals surface area contributed by atoms with E-state index < -0.39 is 0 Å². The first-order valence-corrected chi connectivity index (χ1v) is 7.73. The highest BCUT2D eigenvalue weighted by Crippen LogP contribution is 2.35. The quantitative estimate of drug-likeness (QED) is 0.784. The first-order chi connectivity index (χ1) is 10.3. The number of fused-ring (bicyclic) bond motifs is 3. The number of rotatable bonds is 1. The molecule has 4 heteroatoms. The Kier molecular flexibility index (Phi) is 3.24. The van der Waals surface area contributed by atoms with E-state index in [0.717, 1.165) is 30.2 Å². The van der Waals surface area contributed by atoms with Crippen molar-refractivity contribution in [1.82, 2.24) is 0 Å². The molecular formula is C17H17ClN2O. The lowest BCUT2D eigenvalue weighted by Gasteiger charge is -2.28. The molecule has 0 N–H and O–H groups in total. The van der Waals surface area contributed by atoms with Crippen LogP contribution in [0.5, 0.6) is 0 Å². The van der Waals surface area contributed by atoms with Crippen LogP contribution in [0.2, 0.25) is 5.02 Å². The highest BCUT2D eigenvalue weighted by molar-refractivity contribution is 6.30. The molecule has 0 aromatic heterocycles. The molecule has 2 aromatic rings. The van der Waals surface area contributed by atoms with Crippen LogP contribution in [0.25, 0.3) is 0 Å². The van der Waals surface area contributed by atoms with Gasteiger partial charge >= 0.3 is 0 Å². The maximum atomic E-state index is 6.26. The average molecular weight is 301 g/mol. The molecule has 2 aliphatic rings. The molecule has 2 aliphatic heterocycles. The van der Waals surface area contributed by atoms with Gasteiger partial charge in [0.05, 0.1) is 12.2 Å². The Hall–Kier alpha value is -1.71. The van der Waals surface area contributed by atoms with E-state index >= 15 is 0 Å². The van der Waals surface area contributed by atoms with Crippen LogP contribution in [0, 0.1) is 0 Å². The summed E-state index contributed by atoms with van der Waals surface area (Å²) in [6.45, 7) is 1.80. The molecular weight excluding hydrogens is 284 g/mol. The van der Waals surface area contributed by atoms with Crippen molar-refractivity contribution in [2.45, 2.75) is 25.6 Å². The Morgan fingerprint density at radius 1 is 1.10 bits per heavy atom. The van der Waals surface area contributed by atoms with Crippen molar-refractivity contribution in [2.24, 2.45) is 0 Å². The third-order valence-corrected chi connectivity index (χ3v) is 4.39. The summed E-state index contributed by atoms with van der Waals surface area (Å²) in [6, 6.07) is 16.4. The smallest absolute Gasteiger partial charge is 0.157 e. The molecule has 1 unspecified atom stereocenters. The highest BCUT2D eigenvalue weighted by atomic mass is 35.5. The van der Waals surface area contributed by atoms with Gasteiger partial charge in [0.1, 0.15) is 0 Å². The minimum absolute atomic E-state index is 0.118. The summed E-state index contributed by atoms with van der Waals surface area (Å²) in [5, 5.41) is 2.71. The van der Waals surface area contributed by atoms with Gasteiger partial charge in [-0.3, -0.25) is 0 Å². The summed E-state index contributed by atoms with van der Waals surface area (Å²) in [5.41, 5.74) is 3.59. The third-order valence-electron chi connectivity index (χ3n) is 4.16. The van der Waals surface area contributed by atoms with Gasteiger partial charge in [0.25, 0.3) is 0 Å². The minimum Gasteiger partial charge on any atom is -0.344 e. The molecule has 0 bridgehead atoms. The van der Waals surface area contributed by atoms with Crippen molar-refractivity contribution in [3.63, 3.8) is 0 Å². The van der Waals surface area contributed by atoms with Crippen LogP contribution >= 0.6 is 11.6 Å². The number of para-hydroxylation sites is 1. The summed E-state index contributed by atoms with van der Waals surface area (Å²) in [5.74, 6) is 0. The van der Waals surface area contributed by atoms with E-state index in [1.165, 1.54) is 17.7 Å². The number of hydroxylamine groups is 1. The minimum atomic E-state index is 0.118.